The predicted octanol–water partition coefficient (Wildman–Crippen LogP) is 3.99. The van der Waals surface area contributed by atoms with Crippen LogP contribution in [0.5, 0.6) is 0 Å². The molecule has 0 spiro atoms. The molecule has 1 heterocycles. The largest absolute Gasteiger partial charge is 0.330 e. The first kappa shape index (κ1) is 11.7. The van der Waals surface area contributed by atoms with E-state index in [2.05, 4.69) is 59.8 Å². The Morgan fingerprint density at radius 2 is 1.95 bits per heavy atom. The molecule has 1 unspecified atom stereocenters. The van der Waals surface area contributed by atoms with Gasteiger partial charge in [0, 0.05) is 12.5 Å². The molecule has 100 valence electrons. The summed E-state index contributed by atoms with van der Waals surface area (Å²) in [5.41, 5.74) is 8.05. The van der Waals surface area contributed by atoms with Gasteiger partial charge in [-0.2, -0.15) is 0 Å². The van der Waals surface area contributed by atoms with Gasteiger partial charge in [-0.1, -0.05) is 24.3 Å². The maximum Gasteiger partial charge on any atom is 0.0958 e. The zero-order valence-electron chi connectivity index (χ0n) is 11.9. The Morgan fingerprint density at radius 1 is 1.15 bits per heavy atom. The standard InChI is InChI=1S/C18H18N2/c1-12-7-17-18(8-13(12)2)20(11-19-17)10-15-9-14-5-3-4-6-16(14)15/h3-8,11,15H,9-10H2,1-2H3. The van der Waals surface area contributed by atoms with Crippen LogP contribution in [-0.2, 0) is 13.0 Å². The van der Waals surface area contributed by atoms with Crippen molar-refractivity contribution >= 4 is 11.0 Å². The molecule has 0 radical (unpaired) electrons. The van der Waals surface area contributed by atoms with Gasteiger partial charge in [-0.15, -0.1) is 0 Å². The lowest BCUT2D eigenvalue weighted by Gasteiger charge is -2.30. The Kier molecular flexibility index (Phi) is 2.46. The van der Waals surface area contributed by atoms with E-state index in [9.17, 15) is 0 Å². The van der Waals surface area contributed by atoms with Gasteiger partial charge in [-0.05, 0) is 54.7 Å². The van der Waals surface area contributed by atoms with Crippen molar-refractivity contribution in [1.29, 1.82) is 0 Å². The van der Waals surface area contributed by atoms with E-state index in [1.165, 1.54) is 34.2 Å². The van der Waals surface area contributed by atoms with Crippen LogP contribution in [0.1, 0.15) is 28.2 Å². The average Bonchev–Trinajstić information content (AvgIpc) is 2.79. The van der Waals surface area contributed by atoms with Gasteiger partial charge in [0.2, 0.25) is 0 Å². The molecule has 1 atom stereocenters. The number of fused-ring (bicyclic) bond motifs is 2. The molecule has 0 saturated heterocycles. The molecule has 3 aromatic rings. The second-order valence-electron chi connectivity index (χ2n) is 5.92. The summed E-state index contributed by atoms with van der Waals surface area (Å²) in [5, 5.41) is 0. The first-order valence-electron chi connectivity index (χ1n) is 7.22. The number of aromatic nitrogens is 2. The first-order chi connectivity index (χ1) is 9.72. The lowest BCUT2D eigenvalue weighted by Crippen LogP contribution is -2.21. The Labute approximate surface area is 119 Å². The summed E-state index contributed by atoms with van der Waals surface area (Å²) in [7, 11) is 0. The van der Waals surface area contributed by atoms with Gasteiger partial charge in [0.15, 0.2) is 0 Å². The fraction of sp³-hybridized carbons (Fsp3) is 0.278. The molecule has 2 aromatic carbocycles. The molecule has 2 heteroatoms. The van der Waals surface area contributed by atoms with Crippen LogP contribution >= 0.6 is 0 Å². The minimum atomic E-state index is 0.644. The highest BCUT2D eigenvalue weighted by molar-refractivity contribution is 5.77. The maximum absolute atomic E-state index is 4.55. The third-order valence-electron chi connectivity index (χ3n) is 4.61. The molecular weight excluding hydrogens is 244 g/mol. The number of hydrogen-bond acceptors (Lipinski definition) is 1. The minimum Gasteiger partial charge on any atom is -0.330 e. The molecule has 0 bridgehead atoms. The average molecular weight is 262 g/mol. The molecule has 20 heavy (non-hydrogen) atoms. The second-order valence-corrected chi connectivity index (χ2v) is 5.92. The Bertz CT molecular complexity index is 798. The summed E-state index contributed by atoms with van der Waals surface area (Å²) in [6.07, 6.45) is 3.19. The van der Waals surface area contributed by atoms with Crippen LogP contribution in [0.3, 0.4) is 0 Å². The van der Waals surface area contributed by atoms with Gasteiger partial charge in [0.25, 0.3) is 0 Å². The van der Waals surface area contributed by atoms with Gasteiger partial charge in [-0.3, -0.25) is 0 Å². The molecule has 2 nitrogen and oxygen atoms in total. The number of benzene rings is 2. The summed E-state index contributed by atoms with van der Waals surface area (Å²) >= 11 is 0. The van der Waals surface area contributed by atoms with Crippen LogP contribution in [0, 0.1) is 13.8 Å². The predicted molar refractivity (Wildman–Crippen MR) is 82.1 cm³/mol. The van der Waals surface area contributed by atoms with Crippen LogP contribution in [0.25, 0.3) is 11.0 Å². The van der Waals surface area contributed by atoms with Crippen LogP contribution in [0.15, 0.2) is 42.7 Å². The summed E-state index contributed by atoms with van der Waals surface area (Å²) in [6.45, 7) is 5.36. The lowest BCUT2D eigenvalue weighted by atomic mass is 9.77. The van der Waals surface area contributed by atoms with Crippen LogP contribution < -0.4 is 0 Å². The fourth-order valence-corrected chi connectivity index (χ4v) is 3.22. The number of hydrogen-bond donors (Lipinski definition) is 0. The summed E-state index contributed by atoms with van der Waals surface area (Å²) in [6, 6.07) is 13.2. The highest BCUT2D eigenvalue weighted by atomic mass is 15.0. The van der Waals surface area contributed by atoms with Gasteiger partial charge >= 0.3 is 0 Å². The zero-order chi connectivity index (χ0) is 13.7. The number of nitrogens with zero attached hydrogens (tertiary/aromatic N) is 2. The maximum atomic E-state index is 4.55. The van der Waals surface area contributed by atoms with E-state index >= 15 is 0 Å². The first-order valence-corrected chi connectivity index (χ1v) is 7.22. The van der Waals surface area contributed by atoms with Crippen LogP contribution in [-0.4, -0.2) is 9.55 Å². The molecule has 0 N–H and O–H groups in total. The van der Waals surface area contributed by atoms with Crippen molar-refractivity contribution in [2.45, 2.75) is 32.7 Å². The van der Waals surface area contributed by atoms with E-state index in [4.69, 9.17) is 0 Å². The Balaban J connectivity index is 1.69. The van der Waals surface area contributed by atoms with Gasteiger partial charge in [-0.25, -0.2) is 4.98 Å². The molecule has 0 amide bonds. The van der Waals surface area contributed by atoms with Crippen molar-refractivity contribution in [2.75, 3.05) is 0 Å². The van der Waals surface area contributed by atoms with Crippen molar-refractivity contribution in [3.8, 4) is 0 Å². The summed E-state index contributed by atoms with van der Waals surface area (Å²) in [4.78, 5) is 4.55. The molecular formula is C18H18N2. The van der Waals surface area contributed by atoms with E-state index < -0.39 is 0 Å². The minimum absolute atomic E-state index is 0.644. The van der Waals surface area contributed by atoms with Gasteiger partial charge in [0.05, 0.1) is 17.4 Å². The van der Waals surface area contributed by atoms with E-state index in [1.54, 1.807) is 0 Å². The van der Waals surface area contributed by atoms with Crippen LogP contribution in [0.4, 0.5) is 0 Å². The van der Waals surface area contributed by atoms with Crippen molar-refractivity contribution in [1.82, 2.24) is 9.55 Å². The SMILES string of the molecule is Cc1cc2ncn(CC3Cc4ccccc43)c2cc1C. The Morgan fingerprint density at radius 3 is 2.80 bits per heavy atom. The van der Waals surface area contributed by atoms with E-state index in [-0.39, 0.29) is 0 Å². The summed E-state index contributed by atoms with van der Waals surface area (Å²) < 4.78 is 2.31. The molecule has 0 fully saturated rings. The molecule has 0 aliphatic heterocycles. The zero-order valence-corrected chi connectivity index (χ0v) is 11.9. The Hall–Kier alpha value is -2.09. The van der Waals surface area contributed by atoms with Gasteiger partial charge < -0.3 is 4.57 Å². The highest BCUT2D eigenvalue weighted by Gasteiger charge is 2.25. The van der Waals surface area contributed by atoms with Crippen molar-refractivity contribution < 1.29 is 0 Å². The van der Waals surface area contributed by atoms with E-state index in [0.717, 1.165) is 12.1 Å². The highest BCUT2D eigenvalue weighted by Crippen LogP contribution is 2.36. The van der Waals surface area contributed by atoms with Crippen molar-refractivity contribution in [3.63, 3.8) is 0 Å². The molecule has 0 saturated carbocycles. The third kappa shape index (κ3) is 1.68. The van der Waals surface area contributed by atoms with E-state index in [1.807, 2.05) is 6.33 Å². The molecule has 1 aliphatic carbocycles. The summed E-state index contributed by atoms with van der Waals surface area (Å²) in [5.74, 6) is 0.644. The molecule has 1 aliphatic rings. The monoisotopic (exact) mass is 262 g/mol. The molecule has 4 rings (SSSR count). The number of aryl methyl sites for hydroxylation is 2. The fourth-order valence-electron chi connectivity index (χ4n) is 3.22. The number of imidazole rings is 1. The van der Waals surface area contributed by atoms with Crippen molar-refractivity contribution in [2.24, 2.45) is 0 Å². The normalized spacial score (nSPS) is 17.0. The van der Waals surface area contributed by atoms with Crippen LogP contribution in [0.2, 0.25) is 0 Å². The third-order valence-corrected chi connectivity index (χ3v) is 4.61. The second kappa shape index (κ2) is 4.20. The molecule has 1 aromatic heterocycles. The van der Waals surface area contributed by atoms with Crippen molar-refractivity contribution in [3.05, 3.63) is 65.0 Å². The topological polar surface area (TPSA) is 17.8 Å². The van der Waals surface area contributed by atoms with E-state index in [0.29, 0.717) is 5.92 Å². The lowest BCUT2D eigenvalue weighted by molar-refractivity contribution is 0.516. The van der Waals surface area contributed by atoms with Gasteiger partial charge in [0.1, 0.15) is 0 Å². The smallest absolute Gasteiger partial charge is 0.0958 e. The number of rotatable bonds is 2. The quantitative estimate of drug-likeness (QED) is 0.682.